The Hall–Kier alpha value is -0.880. The molecule has 0 bridgehead atoms. The van der Waals surface area contributed by atoms with E-state index < -0.39 is 11.9 Å². The van der Waals surface area contributed by atoms with Crippen molar-refractivity contribution in [3.05, 3.63) is 36.3 Å². The van der Waals surface area contributed by atoms with E-state index in [1.54, 1.807) is 12.1 Å². The van der Waals surface area contributed by atoms with E-state index in [1.807, 2.05) is 12.2 Å². The second kappa shape index (κ2) is 17.2. The maximum atomic E-state index is 11.2. The summed E-state index contributed by atoms with van der Waals surface area (Å²) in [4.78, 5) is 22.1. The molecule has 148 valence electrons. The molecule has 1 unspecified atom stereocenters. The first kappa shape index (κ1) is 26.1. The second-order valence-electron chi connectivity index (χ2n) is 6.53. The number of carbonyl (C=O) groups excluding carboxylic acids is 2. The molecule has 1 aliphatic rings. The van der Waals surface area contributed by atoms with Gasteiger partial charge in [-0.2, -0.15) is 0 Å². The molecule has 0 aliphatic carbocycles. The van der Waals surface area contributed by atoms with Crippen molar-refractivity contribution in [2.24, 2.45) is 5.92 Å². The Balaban J connectivity index is 0.000000708. The quantitative estimate of drug-likeness (QED) is 0.201. The number of ether oxygens (including phenoxy) is 1. The van der Waals surface area contributed by atoms with Gasteiger partial charge in [0.05, 0.1) is 18.6 Å². The third-order valence-corrected chi connectivity index (χ3v) is 4.23. The number of furan rings is 1. The maximum absolute atomic E-state index is 11.2. The molecule has 2 heterocycles. The summed E-state index contributed by atoms with van der Waals surface area (Å²) < 4.78 is 9.22. The Bertz CT molecular complexity index is 525. The van der Waals surface area contributed by atoms with E-state index in [1.165, 1.54) is 57.6 Å². The van der Waals surface area contributed by atoms with Crippen molar-refractivity contribution >= 4 is 41.5 Å². The van der Waals surface area contributed by atoms with Crippen molar-refractivity contribution in [3.8, 4) is 0 Å². The first-order valence-electron chi connectivity index (χ1n) is 9.71. The summed E-state index contributed by atoms with van der Waals surface area (Å²) in [6.45, 7) is 2.23. The summed E-state index contributed by atoms with van der Waals surface area (Å²) in [5.74, 6) is -0.509. The number of aliphatic hydroxyl groups excluding tert-OH is 1. The van der Waals surface area contributed by atoms with Crippen molar-refractivity contribution in [2.75, 3.05) is 0 Å². The van der Waals surface area contributed by atoms with Gasteiger partial charge in [-0.3, -0.25) is 9.59 Å². The average molecular weight is 388 g/mol. The summed E-state index contributed by atoms with van der Waals surface area (Å²) >= 11 is 0. The average Bonchev–Trinajstić information content (AvgIpc) is 3.26. The number of esters is 2. The van der Waals surface area contributed by atoms with Gasteiger partial charge < -0.3 is 14.3 Å². The number of rotatable bonds is 11. The minimum absolute atomic E-state index is 0. The van der Waals surface area contributed by atoms with Crippen LogP contribution in [0.2, 0.25) is 0 Å². The van der Waals surface area contributed by atoms with Crippen LogP contribution in [-0.4, -0.2) is 46.6 Å². The molecule has 0 aromatic carbocycles. The number of allylic oxidation sites excluding steroid dienone is 1. The third kappa shape index (κ3) is 13.0. The molecule has 1 aliphatic heterocycles. The standard InChI is InChI=1S/C16H26O3.C5H6O2.Na.H/c1-2-3-4-5-6-7-8-9-10-11-12-14-13-15(17)19-16(14)18;6-4-5-2-1-3-7-5;;/h11-12,14H,2-10,13H2,1H3;1-3,6H,4H2;;. The van der Waals surface area contributed by atoms with E-state index >= 15 is 0 Å². The number of hydrogen-bond acceptors (Lipinski definition) is 5. The van der Waals surface area contributed by atoms with Crippen molar-refractivity contribution in [1.29, 1.82) is 0 Å². The molecular weight excluding hydrogens is 355 g/mol. The zero-order valence-corrected chi connectivity index (χ0v) is 15.8. The summed E-state index contributed by atoms with van der Waals surface area (Å²) in [6, 6.07) is 3.46. The number of unbranched alkanes of at least 4 members (excludes halogenated alkanes) is 8. The van der Waals surface area contributed by atoms with Crippen LogP contribution in [0, 0.1) is 5.92 Å². The SMILES string of the molecule is CCCCCCCCCCC=CC1CC(=O)OC1=O.OCc1ccco1.[NaH]. The van der Waals surface area contributed by atoms with Gasteiger partial charge in [-0.05, 0) is 25.0 Å². The Morgan fingerprint density at radius 2 is 1.78 bits per heavy atom. The molecule has 6 heteroatoms. The molecule has 1 fully saturated rings. The zero-order chi connectivity index (χ0) is 19.0. The van der Waals surface area contributed by atoms with Gasteiger partial charge in [0.25, 0.3) is 0 Å². The van der Waals surface area contributed by atoms with E-state index in [4.69, 9.17) is 9.52 Å². The Morgan fingerprint density at radius 1 is 1.11 bits per heavy atom. The molecule has 27 heavy (non-hydrogen) atoms. The van der Waals surface area contributed by atoms with Crippen LogP contribution >= 0.6 is 0 Å². The van der Waals surface area contributed by atoms with Crippen LogP contribution in [0.3, 0.4) is 0 Å². The van der Waals surface area contributed by atoms with Crippen LogP contribution in [-0.2, 0) is 20.9 Å². The van der Waals surface area contributed by atoms with Gasteiger partial charge in [-0.15, -0.1) is 0 Å². The summed E-state index contributed by atoms with van der Waals surface area (Å²) in [7, 11) is 0. The van der Waals surface area contributed by atoms with Crippen molar-refractivity contribution in [2.45, 2.75) is 77.7 Å². The van der Waals surface area contributed by atoms with E-state index in [0.29, 0.717) is 5.76 Å². The predicted octanol–water partition coefficient (Wildman–Crippen LogP) is 4.29. The fourth-order valence-corrected chi connectivity index (χ4v) is 2.70. The predicted molar refractivity (Wildman–Crippen MR) is 107 cm³/mol. The minimum atomic E-state index is -0.397. The number of carbonyl (C=O) groups is 2. The van der Waals surface area contributed by atoms with Gasteiger partial charge in [0.15, 0.2) is 0 Å². The molecular formula is C21H33NaO5. The molecule has 1 aromatic heterocycles. The number of hydrogen-bond donors (Lipinski definition) is 1. The number of cyclic esters (lactones) is 2. The summed E-state index contributed by atoms with van der Waals surface area (Å²) in [5, 5.41) is 8.33. The van der Waals surface area contributed by atoms with Gasteiger partial charge in [-0.1, -0.05) is 64.0 Å². The van der Waals surface area contributed by atoms with Gasteiger partial charge in [0.2, 0.25) is 0 Å². The van der Waals surface area contributed by atoms with Crippen LogP contribution in [0.25, 0.3) is 0 Å². The van der Waals surface area contributed by atoms with Gasteiger partial charge in [0, 0.05) is 0 Å². The molecule has 0 radical (unpaired) electrons. The van der Waals surface area contributed by atoms with E-state index in [0.717, 1.165) is 6.42 Å². The second-order valence-corrected chi connectivity index (χ2v) is 6.53. The topological polar surface area (TPSA) is 76.7 Å². The Morgan fingerprint density at radius 3 is 2.26 bits per heavy atom. The van der Waals surface area contributed by atoms with E-state index in [-0.39, 0.29) is 48.5 Å². The van der Waals surface area contributed by atoms with Crippen LogP contribution < -0.4 is 0 Å². The van der Waals surface area contributed by atoms with Gasteiger partial charge >= 0.3 is 41.5 Å². The monoisotopic (exact) mass is 388 g/mol. The molecule has 5 nitrogen and oxygen atoms in total. The third-order valence-electron chi connectivity index (χ3n) is 4.23. The van der Waals surface area contributed by atoms with Crippen molar-refractivity contribution in [1.82, 2.24) is 0 Å². The molecule has 1 N–H and O–H groups in total. The zero-order valence-electron chi connectivity index (χ0n) is 15.8. The molecule has 0 saturated carbocycles. The Kier molecular flexibility index (Phi) is 16.7. The summed E-state index contributed by atoms with van der Waals surface area (Å²) in [6.07, 6.45) is 17.0. The first-order chi connectivity index (χ1) is 12.7. The molecule has 1 saturated heterocycles. The molecule has 2 rings (SSSR count). The van der Waals surface area contributed by atoms with Gasteiger partial charge in [0.1, 0.15) is 12.4 Å². The fourth-order valence-electron chi connectivity index (χ4n) is 2.70. The first-order valence-corrected chi connectivity index (χ1v) is 9.71. The van der Waals surface area contributed by atoms with Crippen molar-refractivity contribution in [3.63, 3.8) is 0 Å². The normalized spacial score (nSPS) is 16.0. The van der Waals surface area contributed by atoms with Crippen LogP contribution in [0.5, 0.6) is 0 Å². The molecule has 0 amide bonds. The number of aliphatic hydroxyl groups is 1. The van der Waals surface area contributed by atoms with Crippen molar-refractivity contribution < 1.29 is 23.8 Å². The van der Waals surface area contributed by atoms with Crippen LogP contribution in [0.15, 0.2) is 35.0 Å². The fraction of sp³-hybridized carbons (Fsp3) is 0.619. The molecule has 1 aromatic rings. The Labute approximate surface area is 184 Å². The summed E-state index contributed by atoms with van der Waals surface area (Å²) in [5.41, 5.74) is 0. The van der Waals surface area contributed by atoms with E-state index in [2.05, 4.69) is 11.7 Å². The van der Waals surface area contributed by atoms with Crippen LogP contribution in [0.1, 0.15) is 76.9 Å². The van der Waals surface area contributed by atoms with E-state index in [9.17, 15) is 9.59 Å². The van der Waals surface area contributed by atoms with Crippen LogP contribution in [0.4, 0.5) is 0 Å². The molecule has 1 atom stereocenters. The molecule has 0 spiro atoms. The van der Waals surface area contributed by atoms with Gasteiger partial charge in [-0.25, -0.2) is 0 Å².